The summed E-state index contributed by atoms with van der Waals surface area (Å²) in [6.45, 7) is 3.88. The maximum absolute atomic E-state index is 9.41. The van der Waals surface area contributed by atoms with Crippen LogP contribution in [0.25, 0.3) is 0 Å². The van der Waals surface area contributed by atoms with Gasteiger partial charge in [-0.15, -0.1) is 0 Å². The molecule has 2 rings (SSSR count). The first-order valence-electron chi connectivity index (χ1n) is 6.13. The second-order valence-electron chi connectivity index (χ2n) is 4.97. The number of aromatic nitrogens is 1. The molecule has 1 aromatic heterocycles. The van der Waals surface area contributed by atoms with Gasteiger partial charge in [0.15, 0.2) is 0 Å². The molecule has 0 aromatic carbocycles. The first-order valence-corrected chi connectivity index (χ1v) is 6.13. The molecule has 1 saturated heterocycles. The van der Waals surface area contributed by atoms with E-state index in [4.69, 9.17) is 0 Å². The normalized spacial score (nSPS) is 22.2. The van der Waals surface area contributed by atoms with Crippen LogP contribution in [0.3, 0.4) is 0 Å². The lowest BCUT2D eigenvalue weighted by atomic mass is 10.2. The van der Waals surface area contributed by atoms with E-state index in [2.05, 4.69) is 28.9 Å². The molecule has 0 saturated carbocycles. The maximum atomic E-state index is 9.41. The van der Waals surface area contributed by atoms with Crippen molar-refractivity contribution in [3.05, 3.63) is 24.0 Å². The third kappa shape index (κ3) is 2.76. The summed E-state index contributed by atoms with van der Waals surface area (Å²) in [4.78, 5) is 8.91. The van der Waals surface area contributed by atoms with E-state index in [9.17, 15) is 5.11 Å². The Bertz CT molecular complexity index is 361. The van der Waals surface area contributed by atoms with Crippen molar-refractivity contribution < 1.29 is 5.11 Å². The summed E-state index contributed by atoms with van der Waals surface area (Å²) in [7, 11) is 4.26. The lowest BCUT2D eigenvalue weighted by Gasteiger charge is -2.21. The van der Waals surface area contributed by atoms with Crippen LogP contribution in [0.2, 0.25) is 0 Å². The molecule has 0 radical (unpaired) electrons. The molecular formula is C13H21N3O. The molecule has 4 nitrogen and oxygen atoms in total. The van der Waals surface area contributed by atoms with Crippen molar-refractivity contribution in [1.29, 1.82) is 0 Å². The summed E-state index contributed by atoms with van der Waals surface area (Å²) in [5, 5.41) is 9.41. The smallest absolute Gasteiger partial charge is 0.0931 e. The number of pyridine rings is 1. The minimum atomic E-state index is -0.489. The summed E-state index contributed by atoms with van der Waals surface area (Å²) < 4.78 is 0. The van der Waals surface area contributed by atoms with Crippen LogP contribution in [0.15, 0.2) is 18.3 Å². The molecule has 1 unspecified atom stereocenters. The first-order chi connectivity index (χ1) is 8.08. The average molecular weight is 235 g/mol. The third-order valence-electron chi connectivity index (χ3n) is 3.46. The highest BCUT2D eigenvalue weighted by atomic mass is 16.3. The van der Waals surface area contributed by atoms with E-state index in [0.717, 1.165) is 24.5 Å². The van der Waals surface area contributed by atoms with E-state index in [1.54, 1.807) is 6.92 Å². The Morgan fingerprint density at radius 2 is 2.24 bits per heavy atom. The molecule has 0 spiro atoms. The molecule has 94 valence electrons. The summed E-state index contributed by atoms with van der Waals surface area (Å²) >= 11 is 0. The van der Waals surface area contributed by atoms with Gasteiger partial charge in [0.05, 0.1) is 23.7 Å². The molecule has 1 fully saturated rings. The molecule has 17 heavy (non-hydrogen) atoms. The van der Waals surface area contributed by atoms with Gasteiger partial charge in [-0.3, -0.25) is 4.98 Å². The second-order valence-corrected chi connectivity index (χ2v) is 4.97. The Balaban J connectivity index is 2.04. The van der Waals surface area contributed by atoms with Crippen LogP contribution in [-0.2, 0) is 0 Å². The monoisotopic (exact) mass is 235 g/mol. The number of rotatable bonds is 3. The second kappa shape index (κ2) is 5.02. The van der Waals surface area contributed by atoms with Crippen LogP contribution in [0, 0.1) is 0 Å². The van der Waals surface area contributed by atoms with Crippen molar-refractivity contribution in [3.63, 3.8) is 0 Å². The van der Waals surface area contributed by atoms with E-state index in [1.807, 2.05) is 18.3 Å². The Labute approximate surface area is 103 Å². The minimum absolute atomic E-state index is 0.489. The summed E-state index contributed by atoms with van der Waals surface area (Å²) in [6.07, 6.45) is 2.57. The number of anilines is 1. The fourth-order valence-electron chi connectivity index (χ4n) is 2.23. The van der Waals surface area contributed by atoms with Crippen LogP contribution in [0.1, 0.15) is 25.1 Å². The van der Waals surface area contributed by atoms with E-state index in [0.29, 0.717) is 6.04 Å². The number of nitrogens with zero attached hydrogens (tertiary/aromatic N) is 3. The molecular weight excluding hydrogens is 214 g/mol. The fourth-order valence-corrected chi connectivity index (χ4v) is 2.23. The molecule has 1 aliphatic rings. The number of aliphatic hydroxyl groups is 1. The van der Waals surface area contributed by atoms with Gasteiger partial charge < -0.3 is 14.9 Å². The van der Waals surface area contributed by atoms with Crippen molar-refractivity contribution in [2.24, 2.45) is 0 Å². The zero-order valence-corrected chi connectivity index (χ0v) is 10.8. The topological polar surface area (TPSA) is 39.6 Å². The van der Waals surface area contributed by atoms with E-state index in [1.165, 1.54) is 6.42 Å². The van der Waals surface area contributed by atoms with Gasteiger partial charge in [-0.25, -0.2) is 0 Å². The van der Waals surface area contributed by atoms with E-state index in [-0.39, 0.29) is 0 Å². The maximum Gasteiger partial charge on any atom is 0.0931 e. The Kier molecular flexibility index (Phi) is 3.64. The highest BCUT2D eigenvalue weighted by Gasteiger charge is 2.24. The van der Waals surface area contributed by atoms with Gasteiger partial charge in [-0.1, -0.05) is 0 Å². The van der Waals surface area contributed by atoms with Gasteiger partial charge in [0.2, 0.25) is 0 Å². The number of hydrogen-bond acceptors (Lipinski definition) is 4. The van der Waals surface area contributed by atoms with Crippen LogP contribution >= 0.6 is 0 Å². The highest BCUT2D eigenvalue weighted by Crippen LogP contribution is 2.22. The van der Waals surface area contributed by atoms with Crippen molar-refractivity contribution in [1.82, 2.24) is 9.88 Å². The number of aliphatic hydroxyl groups excluding tert-OH is 1. The van der Waals surface area contributed by atoms with Crippen molar-refractivity contribution >= 4 is 5.69 Å². The Hall–Kier alpha value is -1.13. The predicted octanol–water partition coefficient (Wildman–Crippen LogP) is 1.28. The van der Waals surface area contributed by atoms with Gasteiger partial charge in [-0.05, 0) is 39.6 Å². The molecule has 1 N–H and O–H groups in total. The fraction of sp³-hybridized carbons (Fsp3) is 0.615. The van der Waals surface area contributed by atoms with Crippen molar-refractivity contribution in [2.75, 3.05) is 32.1 Å². The molecule has 0 amide bonds. The van der Waals surface area contributed by atoms with Gasteiger partial charge >= 0.3 is 0 Å². The molecule has 0 aliphatic carbocycles. The molecule has 1 aliphatic heterocycles. The lowest BCUT2D eigenvalue weighted by Crippen LogP contribution is -2.31. The summed E-state index contributed by atoms with van der Waals surface area (Å²) in [5.41, 5.74) is 1.89. The average Bonchev–Trinajstić information content (AvgIpc) is 2.78. The minimum Gasteiger partial charge on any atom is -0.387 e. The largest absolute Gasteiger partial charge is 0.387 e. The Morgan fingerprint density at radius 3 is 2.71 bits per heavy atom. The van der Waals surface area contributed by atoms with Crippen LogP contribution in [-0.4, -0.2) is 48.2 Å². The van der Waals surface area contributed by atoms with Gasteiger partial charge in [0.25, 0.3) is 0 Å². The number of likely N-dealkylation sites (N-methyl/N-ethyl adjacent to an activating group) is 1. The van der Waals surface area contributed by atoms with E-state index >= 15 is 0 Å². The van der Waals surface area contributed by atoms with Gasteiger partial charge in [0.1, 0.15) is 0 Å². The Morgan fingerprint density at radius 1 is 1.47 bits per heavy atom. The van der Waals surface area contributed by atoms with Crippen LogP contribution in [0.5, 0.6) is 0 Å². The zero-order chi connectivity index (χ0) is 12.4. The molecule has 4 heteroatoms. The highest BCUT2D eigenvalue weighted by molar-refractivity contribution is 5.46. The standard InChI is InChI=1S/C13H21N3O/c1-10(17)13-5-4-11(8-14-13)16-7-6-12(9-16)15(2)3/h4-5,8,10,12,17H,6-7,9H2,1-3H3/t10-,12?/m0/s1. The summed E-state index contributed by atoms with van der Waals surface area (Å²) in [6, 6.07) is 4.59. The van der Waals surface area contributed by atoms with Gasteiger partial charge in [0, 0.05) is 19.1 Å². The summed E-state index contributed by atoms with van der Waals surface area (Å²) in [5.74, 6) is 0. The molecule has 0 bridgehead atoms. The lowest BCUT2D eigenvalue weighted by molar-refractivity contribution is 0.194. The van der Waals surface area contributed by atoms with Crippen molar-refractivity contribution in [2.45, 2.75) is 25.5 Å². The van der Waals surface area contributed by atoms with Gasteiger partial charge in [-0.2, -0.15) is 0 Å². The molecule has 1 aromatic rings. The van der Waals surface area contributed by atoms with Crippen molar-refractivity contribution in [3.8, 4) is 0 Å². The SMILES string of the molecule is C[C@H](O)c1ccc(N2CCC(N(C)C)C2)cn1. The molecule has 2 heterocycles. The molecule has 2 atom stereocenters. The zero-order valence-electron chi connectivity index (χ0n) is 10.8. The van der Waals surface area contributed by atoms with E-state index < -0.39 is 6.10 Å². The predicted molar refractivity (Wildman–Crippen MR) is 69.2 cm³/mol. The van der Waals surface area contributed by atoms with Crippen LogP contribution in [0.4, 0.5) is 5.69 Å². The van der Waals surface area contributed by atoms with Crippen LogP contribution < -0.4 is 4.90 Å². The first kappa shape index (κ1) is 12.3. The number of hydrogen-bond donors (Lipinski definition) is 1. The third-order valence-corrected chi connectivity index (χ3v) is 3.46. The quantitative estimate of drug-likeness (QED) is 0.856.